The van der Waals surface area contributed by atoms with Crippen molar-refractivity contribution in [3.8, 4) is 0 Å². The first kappa shape index (κ1) is 15.5. The first-order valence-corrected chi connectivity index (χ1v) is 8.71. The smallest absolute Gasteiger partial charge is 0.274 e. The Labute approximate surface area is 133 Å². The van der Waals surface area contributed by atoms with Crippen LogP contribution in [-0.2, 0) is 6.42 Å². The highest BCUT2D eigenvalue weighted by atomic mass is 16.2. The number of carbonyl (C=O) groups is 1. The summed E-state index contributed by atoms with van der Waals surface area (Å²) in [5.74, 6) is 0.739. The Bertz CT molecular complexity index is 539. The van der Waals surface area contributed by atoms with Crippen LogP contribution in [0.15, 0.2) is 0 Å². The third kappa shape index (κ3) is 2.78. The average Bonchev–Trinajstić information content (AvgIpc) is 2.69. The number of nitrogens with zero attached hydrogens (tertiary/aromatic N) is 3. The minimum atomic E-state index is 0.115. The number of H-pyrrole nitrogens is 1. The second kappa shape index (κ2) is 6.41. The number of piperidine rings is 1. The molecule has 3 aliphatic heterocycles. The largest absolute Gasteiger partial charge is 0.335 e. The maximum atomic E-state index is 12.9. The molecular weight excluding hydrogens is 276 g/mol. The van der Waals surface area contributed by atoms with Gasteiger partial charge >= 0.3 is 0 Å². The Kier molecular flexibility index (Phi) is 4.52. The molecule has 5 nitrogen and oxygen atoms in total. The lowest BCUT2D eigenvalue weighted by molar-refractivity contribution is 0.0731. The van der Waals surface area contributed by atoms with Crippen molar-refractivity contribution in [1.82, 2.24) is 20.0 Å². The number of aromatic nitrogens is 2. The molecule has 122 valence electrons. The zero-order valence-electron chi connectivity index (χ0n) is 14.1. The molecule has 3 saturated heterocycles. The number of amides is 1. The van der Waals surface area contributed by atoms with Gasteiger partial charge in [-0.2, -0.15) is 5.10 Å². The molecule has 4 heterocycles. The maximum Gasteiger partial charge on any atom is 0.274 e. The van der Waals surface area contributed by atoms with Gasteiger partial charge in [0.25, 0.3) is 5.91 Å². The van der Waals surface area contributed by atoms with Crippen LogP contribution in [-0.4, -0.2) is 58.1 Å². The summed E-state index contributed by atoms with van der Waals surface area (Å²) < 4.78 is 0. The fraction of sp³-hybridized carbons (Fsp3) is 0.765. The number of hydrogen-bond acceptors (Lipinski definition) is 3. The van der Waals surface area contributed by atoms with Crippen molar-refractivity contribution < 1.29 is 4.79 Å². The van der Waals surface area contributed by atoms with Gasteiger partial charge in [-0.3, -0.25) is 14.8 Å². The summed E-state index contributed by atoms with van der Waals surface area (Å²) in [5, 5.41) is 7.31. The highest BCUT2D eigenvalue weighted by molar-refractivity contribution is 5.94. The Morgan fingerprint density at radius 1 is 1.27 bits per heavy atom. The molecule has 3 fully saturated rings. The zero-order chi connectivity index (χ0) is 15.7. The van der Waals surface area contributed by atoms with Crippen LogP contribution in [0.2, 0.25) is 0 Å². The molecule has 2 bridgehead atoms. The minimum Gasteiger partial charge on any atom is -0.335 e. The van der Waals surface area contributed by atoms with Gasteiger partial charge in [0.2, 0.25) is 0 Å². The molecule has 1 N–H and O–H groups in total. The van der Waals surface area contributed by atoms with Gasteiger partial charge in [-0.05, 0) is 45.1 Å². The minimum absolute atomic E-state index is 0.115. The van der Waals surface area contributed by atoms with Crippen molar-refractivity contribution in [2.75, 3.05) is 26.2 Å². The summed E-state index contributed by atoms with van der Waals surface area (Å²) in [6, 6.07) is 0.535. The molecule has 22 heavy (non-hydrogen) atoms. The molecule has 5 heteroatoms. The summed E-state index contributed by atoms with van der Waals surface area (Å²) in [6.45, 7) is 10.4. The van der Waals surface area contributed by atoms with Crippen molar-refractivity contribution in [1.29, 1.82) is 0 Å². The summed E-state index contributed by atoms with van der Waals surface area (Å²) in [7, 11) is 0. The number of nitrogens with one attached hydrogen (secondary N) is 1. The molecule has 1 aromatic rings. The summed E-state index contributed by atoms with van der Waals surface area (Å²) in [6.07, 6.45) is 4.57. The monoisotopic (exact) mass is 304 g/mol. The van der Waals surface area contributed by atoms with Gasteiger partial charge in [0.1, 0.15) is 0 Å². The molecular formula is C17H28N4O. The van der Waals surface area contributed by atoms with Crippen LogP contribution in [0.3, 0.4) is 0 Å². The fourth-order valence-electron chi connectivity index (χ4n) is 4.04. The Morgan fingerprint density at radius 3 is 2.77 bits per heavy atom. The molecule has 2 unspecified atom stereocenters. The Balaban J connectivity index is 1.77. The Morgan fingerprint density at radius 2 is 2.09 bits per heavy atom. The standard InChI is InChI=1S/C17H28N4O/c1-4-8-20-9-13-6-7-14(20)11-21(10-13)17(22)16-12(3)15(5-2)18-19-16/h13-14H,4-11H2,1-3H3,(H,18,19). The lowest BCUT2D eigenvalue weighted by atomic mass is 9.95. The van der Waals surface area contributed by atoms with Crippen molar-refractivity contribution in [2.24, 2.45) is 5.92 Å². The highest BCUT2D eigenvalue weighted by Crippen LogP contribution is 2.29. The van der Waals surface area contributed by atoms with E-state index in [1.165, 1.54) is 19.3 Å². The van der Waals surface area contributed by atoms with E-state index < -0.39 is 0 Å². The molecule has 0 radical (unpaired) electrons. The van der Waals surface area contributed by atoms with Gasteiger partial charge in [0, 0.05) is 36.9 Å². The molecule has 2 atom stereocenters. The molecule has 0 aromatic carbocycles. The van der Waals surface area contributed by atoms with Crippen LogP contribution < -0.4 is 0 Å². The normalized spacial score (nSPS) is 25.5. The van der Waals surface area contributed by atoms with E-state index >= 15 is 0 Å². The van der Waals surface area contributed by atoms with E-state index in [1.54, 1.807) is 0 Å². The van der Waals surface area contributed by atoms with Crippen molar-refractivity contribution in [3.05, 3.63) is 17.0 Å². The SMILES string of the molecule is CCCN1CC2CCC1CN(C(=O)c1n[nH]c(CC)c1C)C2. The second-order valence-corrected chi connectivity index (χ2v) is 6.83. The van der Waals surface area contributed by atoms with Crippen LogP contribution in [0.1, 0.15) is 54.9 Å². The lowest BCUT2D eigenvalue weighted by Gasteiger charge is -2.35. The fourth-order valence-corrected chi connectivity index (χ4v) is 4.04. The van der Waals surface area contributed by atoms with E-state index in [9.17, 15) is 4.79 Å². The molecule has 1 amide bonds. The van der Waals surface area contributed by atoms with Crippen molar-refractivity contribution >= 4 is 5.91 Å². The molecule has 0 spiro atoms. The molecule has 3 aliphatic rings. The van der Waals surface area contributed by atoms with Crippen LogP contribution in [0.25, 0.3) is 0 Å². The average molecular weight is 304 g/mol. The molecule has 0 aliphatic carbocycles. The predicted octanol–water partition coefficient (Wildman–Crippen LogP) is 2.23. The first-order chi connectivity index (χ1) is 10.6. The predicted molar refractivity (Wildman–Crippen MR) is 87.0 cm³/mol. The number of carbonyl (C=O) groups excluding carboxylic acids is 1. The summed E-state index contributed by atoms with van der Waals surface area (Å²) >= 11 is 0. The number of fused-ring (bicyclic) bond motifs is 4. The summed E-state index contributed by atoms with van der Waals surface area (Å²) in [4.78, 5) is 17.6. The van der Waals surface area contributed by atoms with Crippen LogP contribution in [0, 0.1) is 12.8 Å². The highest BCUT2D eigenvalue weighted by Gasteiger charge is 2.37. The lowest BCUT2D eigenvalue weighted by Crippen LogP contribution is -2.44. The molecule has 1 aromatic heterocycles. The number of hydrogen-bond donors (Lipinski definition) is 1. The topological polar surface area (TPSA) is 52.2 Å². The van der Waals surface area contributed by atoms with Gasteiger partial charge in [0.05, 0.1) is 0 Å². The van der Waals surface area contributed by atoms with E-state index in [2.05, 4.69) is 33.8 Å². The first-order valence-electron chi connectivity index (χ1n) is 8.71. The van der Waals surface area contributed by atoms with Gasteiger partial charge in [0.15, 0.2) is 5.69 Å². The van der Waals surface area contributed by atoms with E-state index in [0.29, 0.717) is 17.7 Å². The quantitative estimate of drug-likeness (QED) is 0.928. The van der Waals surface area contributed by atoms with Crippen molar-refractivity contribution in [3.63, 3.8) is 0 Å². The second-order valence-electron chi connectivity index (χ2n) is 6.83. The Hall–Kier alpha value is -1.36. The van der Waals surface area contributed by atoms with Crippen LogP contribution >= 0.6 is 0 Å². The summed E-state index contributed by atoms with van der Waals surface area (Å²) in [5.41, 5.74) is 2.73. The van der Waals surface area contributed by atoms with E-state index in [1.807, 2.05) is 6.92 Å². The van der Waals surface area contributed by atoms with Gasteiger partial charge in [-0.25, -0.2) is 0 Å². The number of aromatic amines is 1. The molecule has 0 saturated carbocycles. The third-order valence-corrected chi connectivity index (χ3v) is 5.29. The number of rotatable bonds is 4. The third-order valence-electron chi connectivity index (χ3n) is 5.29. The van der Waals surface area contributed by atoms with Crippen molar-refractivity contribution in [2.45, 2.75) is 52.5 Å². The number of aryl methyl sites for hydroxylation is 1. The van der Waals surface area contributed by atoms with E-state index in [-0.39, 0.29) is 5.91 Å². The zero-order valence-corrected chi connectivity index (χ0v) is 14.1. The van der Waals surface area contributed by atoms with E-state index in [0.717, 1.165) is 43.9 Å². The van der Waals surface area contributed by atoms with Gasteiger partial charge < -0.3 is 4.90 Å². The van der Waals surface area contributed by atoms with Gasteiger partial charge in [-0.15, -0.1) is 0 Å². The van der Waals surface area contributed by atoms with Crippen LogP contribution in [0.5, 0.6) is 0 Å². The van der Waals surface area contributed by atoms with E-state index in [4.69, 9.17) is 0 Å². The maximum absolute atomic E-state index is 12.9. The molecule has 4 rings (SSSR count). The van der Waals surface area contributed by atoms with Crippen LogP contribution in [0.4, 0.5) is 0 Å². The van der Waals surface area contributed by atoms with Gasteiger partial charge in [-0.1, -0.05) is 13.8 Å².